The van der Waals surface area contributed by atoms with Crippen molar-refractivity contribution in [3.8, 4) is 5.75 Å². The minimum atomic E-state index is -0.598. The van der Waals surface area contributed by atoms with Gasteiger partial charge < -0.3 is 4.74 Å². The number of hydrazine groups is 1. The van der Waals surface area contributed by atoms with E-state index >= 15 is 0 Å². The summed E-state index contributed by atoms with van der Waals surface area (Å²) in [4.78, 5) is 11.6. The number of halogens is 1. The molecular formula is C12H17BrN2O2. The molecule has 0 radical (unpaired) electrons. The number of aryl methyl sites for hydroxylation is 1. The van der Waals surface area contributed by atoms with E-state index in [0.29, 0.717) is 5.75 Å². The predicted octanol–water partition coefficient (Wildman–Crippen LogP) is 2.15. The zero-order valence-corrected chi connectivity index (χ0v) is 11.7. The summed E-state index contributed by atoms with van der Waals surface area (Å²) in [6.45, 7) is 5.80. The van der Waals surface area contributed by atoms with E-state index in [-0.39, 0.29) is 11.8 Å². The van der Waals surface area contributed by atoms with E-state index in [2.05, 4.69) is 21.4 Å². The Morgan fingerprint density at radius 3 is 2.59 bits per heavy atom. The van der Waals surface area contributed by atoms with Gasteiger partial charge in [-0.25, -0.2) is 5.84 Å². The summed E-state index contributed by atoms with van der Waals surface area (Å²) in [5, 5.41) is 0. The number of hydrogen-bond donors (Lipinski definition) is 2. The van der Waals surface area contributed by atoms with Crippen LogP contribution in [0.15, 0.2) is 22.7 Å². The van der Waals surface area contributed by atoms with Crippen molar-refractivity contribution in [3.63, 3.8) is 0 Å². The zero-order valence-electron chi connectivity index (χ0n) is 10.2. The van der Waals surface area contributed by atoms with Gasteiger partial charge in [0.1, 0.15) is 5.75 Å². The number of carbonyl (C=O) groups excluding carboxylic acids is 1. The second-order valence-corrected chi connectivity index (χ2v) is 5.08. The highest BCUT2D eigenvalue weighted by Gasteiger charge is 2.24. The molecular weight excluding hydrogens is 284 g/mol. The van der Waals surface area contributed by atoms with Gasteiger partial charge in [0, 0.05) is 0 Å². The van der Waals surface area contributed by atoms with Gasteiger partial charge in [-0.15, -0.1) is 0 Å². The molecule has 0 aliphatic heterocycles. The second-order valence-electron chi connectivity index (χ2n) is 4.22. The highest BCUT2D eigenvalue weighted by molar-refractivity contribution is 9.10. The van der Waals surface area contributed by atoms with E-state index < -0.39 is 6.10 Å². The normalized spacial score (nSPS) is 12.4. The Balaban J connectivity index is 2.90. The Hall–Kier alpha value is -1.07. The molecule has 94 valence electrons. The van der Waals surface area contributed by atoms with E-state index in [1.807, 2.05) is 39.0 Å². The van der Waals surface area contributed by atoms with Crippen molar-refractivity contribution < 1.29 is 9.53 Å². The predicted molar refractivity (Wildman–Crippen MR) is 70.5 cm³/mol. The second kappa shape index (κ2) is 6.02. The fourth-order valence-corrected chi connectivity index (χ4v) is 2.00. The van der Waals surface area contributed by atoms with Crippen LogP contribution in [0, 0.1) is 12.8 Å². The van der Waals surface area contributed by atoms with Gasteiger partial charge in [0.2, 0.25) is 0 Å². The average Bonchev–Trinajstić information content (AvgIpc) is 2.26. The molecule has 0 aliphatic carbocycles. The molecule has 1 rings (SSSR count). The third-order valence-electron chi connectivity index (χ3n) is 2.35. The number of nitrogens with two attached hydrogens (primary N) is 1. The zero-order chi connectivity index (χ0) is 13.0. The molecule has 1 aromatic rings. The third kappa shape index (κ3) is 3.71. The summed E-state index contributed by atoms with van der Waals surface area (Å²) >= 11 is 3.41. The molecule has 3 N–H and O–H groups in total. The number of ether oxygens (including phenoxy) is 1. The first-order chi connectivity index (χ1) is 7.95. The van der Waals surface area contributed by atoms with Crippen LogP contribution in [0.1, 0.15) is 19.4 Å². The van der Waals surface area contributed by atoms with E-state index in [1.165, 1.54) is 0 Å². The molecule has 1 amide bonds. The number of rotatable bonds is 4. The first-order valence-corrected chi connectivity index (χ1v) is 6.18. The van der Waals surface area contributed by atoms with Gasteiger partial charge in [0.15, 0.2) is 6.10 Å². The van der Waals surface area contributed by atoms with Crippen molar-refractivity contribution >= 4 is 21.8 Å². The smallest absolute Gasteiger partial charge is 0.275 e. The number of amides is 1. The minimum Gasteiger partial charge on any atom is -0.479 e. The van der Waals surface area contributed by atoms with Gasteiger partial charge in [0.25, 0.3) is 5.91 Å². The lowest BCUT2D eigenvalue weighted by atomic mass is 10.1. The molecule has 0 saturated carbocycles. The maximum absolute atomic E-state index is 11.6. The van der Waals surface area contributed by atoms with E-state index in [1.54, 1.807) is 0 Å². The number of carbonyl (C=O) groups is 1. The highest BCUT2D eigenvalue weighted by atomic mass is 79.9. The lowest BCUT2D eigenvalue weighted by molar-refractivity contribution is -0.129. The molecule has 1 aromatic carbocycles. The topological polar surface area (TPSA) is 64.3 Å². The first-order valence-electron chi connectivity index (χ1n) is 5.39. The SMILES string of the molecule is Cc1ccc(OC(C(=O)NN)C(C)C)c(Br)c1. The molecule has 0 fully saturated rings. The number of benzene rings is 1. The molecule has 17 heavy (non-hydrogen) atoms. The number of nitrogens with one attached hydrogen (secondary N) is 1. The van der Waals surface area contributed by atoms with Crippen LogP contribution in [-0.2, 0) is 4.79 Å². The van der Waals surface area contributed by atoms with Crippen molar-refractivity contribution in [2.45, 2.75) is 26.9 Å². The maximum Gasteiger partial charge on any atom is 0.275 e. The standard InChI is InChI=1S/C12H17BrN2O2/c1-7(2)11(12(16)15-14)17-10-5-4-8(3)6-9(10)13/h4-7,11H,14H2,1-3H3,(H,15,16). The molecule has 5 heteroatoms. The summed E-state index contributed by atoms with van der Waals surface area (Å²) in [6, 6.07) is 5.70. The van der Waals surface area contributed by atoms with Crippen LogP contribution in [0.25, 0.3) is 0 Å². The fourth-order valence-electron chi connectivity index (χ4n) is 1.41. The summed E-state index contributed by atoms with van der Waals surface area (Å²) in [5.74, 6) is 5.48. The molecule has 0 saturated heterocycles. The van der Waals surface area contributed by atoms with Gasteiger partial charge in [-0.2, -0.15) is 0 Å². The third-order valence-corrected chi connectivity index (χ3v) is 2.97. The van der Waals surface area contributed by atoms with Gasteiger partial charge in [-0.05, 0) is 46.5 Å². The summed E-state index contributed by atoms with van der Waals surface area (Å²) in [7, 11) is 0. The Bertz CT molecular complexity index is 407. The Labute approximate surface area is 110 Å². The summed E-state index contributed by atoms with van der Waals surface area (Å²) in [6.07, 6.45) is -0.598. The van der Waals surface area contributed by atoms with Crippen LogP contribution in [0.4, 0.5) is 0 Å². The van der Waals surface area contributed by atoms with Crippen molar-refractivity contribution in [3.05, 3.63) is 28.2 Å². The van der Waals surface area contributed by atoms with E-state index in [9.17, 15) is 4.79 Å². The highest BCUT2D eigenvalue weighted by Crippen LogP contribution is 2.27. The molecule has 0 aliphatic rings. The van der Waals surface area contributed by atoms with Gasteiger partial charge in [0.05, 0.1) is 4.47 Å². The van der Waals surface area contributed by atoms with Crippen LogP contribution in [-0.4, -0.2) is 12.0 Å². The van der Waals surface area contributed by atoms with Crippen molar-refractivity contribution in [1.29, 1.82) is 0 Å². The maximum atomic E-state index is 11.6. The Kier molecular flexibility index (Phi) is 4.96. The van der Waals surface area contributed by atoms with Crippen LogP contribution in [0.5, 0.6) is 5.75 Å². The monoisotopic (exact) mass is 300 g/mol. The van der Waals surface area contributed by atoms with Crippen molar-refractivity contribution in [1.82, 2.24) is 5.43 Å². The largest absolute Gasteiger partial charge is 0.479 e. The minimum absolute atomic E-state index is 0.0340. The molecule has 0 bridgehead atoms. The van der Waals surface area contributed by atoms with Gasteiger partial charge >= 0.3 is 0 Å². The lowest BCUT2D eigenvalue weighted by Crippen LogP contribution is -2.44. The number of hydrogen-bond acceptors (Lipinski definition) is 3. The van der Waals surface area contributed by atoms with Crippen LogP contribution in [0.3, 0.4) is 0 Å². The summed E-state index contributed by atoms with van der Waals surface area (Å²) in [5.41, 5.74) is 3.24. The molecule has 4 nitrogen and oxygen atoms in total. The first kappa shape index (κ1) is 14.0. The van der Waals surface area contributed by atoms with Crippen molar-refractivity contribution in [2.24, 2.45) is 11.8 Å². The van der Waals surface area contributed by atoms with Crippen LogP contribution < -0.4 is 16.0 Å². The quantitative estimate of drug-likeness (QED) is 0.509. The Morgan fingerprint density at radius 1 is 1.47 bits per heavy atom. The van der Waals surface area contributed by atoms with Crippen LogP contribution in [0.2, 0.25) is 0 Å². The van der Waals surface area contributed by atoms with Crippen LogP contribution >= 0.6 is 15.9 Å². The molecule has 1 atom stereocenters. The van der Waals surface area contributed by atoms with E-state index in [0.717, 1.165) is 10.0 Å². The lowest BCUT2D eigenvalue weighted by Gasteiger charge is -2.21. The van der Waals surface area contributed by atoms with Crippen molar-refractivity contribution in [2.75, 3.05) is 0 Å². The Morgan fingerprint density at radius 2 is 2.12 bits per heavy atom. The van der Waals surface area contributed by atoms with Gasteiger partial charge in [-0.3, -0.25) is 10.2 Å². The molecule has 0 heterocycles. The molecule has 1 unspecified atom stereocenters. The average molecular weight is 301 g/mol. The molecule has 0 aromatic heterocycles. The summed E-state index contributed by atoms with van der Waals surface area (Å²) < 4.78 is 6.50. The fraction of sp³-hybridized carbons (Fsp3) is 0.417. The van der Waals surface area contributed by atoms with E-state index in [4.69, 9.17) is 10.6 Å². The van der Waals surface area contributed by atoms with Gasteiger partial charge in [-0.1, -0.05) is 19.9 Å². The molecule has 0 spiro atoms.